The molecular weight excluding hydrogens is 250 g/mol. The molecule has 20 heavy (non-hydrogen) atoms. The van der Waals surface area contributed by atoms with Crippen molar-refractivity contribution in [2.24, 2.45) is 4.99 Å². The van der Waals surface area contributed by atoms with E-state index in [1.807, 2.05) is 13.0 Å². The standard InChI is InChI=1S/C16H23N3O/c1-2-20-14-8-4-3-7-13(14)15(16-17-9-10-18-16)19-11-5-6-12-19/h3-4,7-8,15H,2,5-6,9-12H2,1H3,(H,17,18). The summed E-state index contributed by atoms with van der Waals surface area (Å²) in [6, 6.07) is 8.60. The molecule has 4 nitrogen and oxygen atoms in total. The highest BCUT2D eigenvalue weighted by atomic mass is 16.5. The Morgan fingerprint density at radius 1 is 1.30 bits per heavy atom. The number of nitrogens with zero attached hydrogens (tertiary/aromatic N) is 2. The average Bonchev–Trinajstić information content (AvgIpc) is 3.15. The summed E-state index contributed by atoms with van der Waals surface area (Å²) in [5.74, 6) is 2.10. The molecule has 0 amide bonds. The van der Waals surface area contributed by atoms with Crippen LogP contribution < -0.4 is 10.1 Å². The molecule has 1 fully saturated rings. The number of likely N-dealkylation sites (tertiary alicyclic amines) is 1. The largest absolute Gasteiger partial charge is 0.494 e. The fourth-order valence-electron chi connectivity index (χ4n) is 3.11. The van der Waals surface area contributed by atoms with Crippen LogP contribution in [0.25, 0.3) is 0 Å². The molecule has 2 heterocycles. The topological polar surface area (TPSA) is 36.9 Å². The molecule has 1 atom stereocenters. The van der Waals surface area contributed by atoms with E-state index in [2.05, 4.69) is 33.4 Å². The van der Waals surface area contributed by atoms with Gasteiger partial charge in [-0.05, 0) is 38.9 Å². The Labute approximate surface area is 120 Å². The maximum Gasteiger partial charge on any atom is 0.124 e. The lowest BCUT2D eigenvalue weighted by Gasteiger charge is -2.29. The van der Waals surface area contributed by atoms with Crippen molar-refractivity contribution in [1.82, 2.24) is 10.2 Å². The Morgan fingerprint density at radius 2 is 2.10 bits per heavy atom. The highest BCUT2D eigenvalue weighted by molar-refractivity contribution is 5.90. The molecular formula is C16H23N3O. The zero-order valence-electron chi connectivity index (χ0n) is 12.1. The summed E-state index contributed by atoms with van der Waals surface area (Å²) >= 11 is 0. The van der Waals surface area contributed by atoms with E-state index in [1.165, 1.54) is 18.4 Å². The molecule has 0 bridgehead atoms. The van der Waals surface area contributed by atoms with Crippen LogP contribution in [0.15, 0.2) is 29.3 Å². The number of benzene rings is 1. The summed E-state index contributed by atoms with van der Waals surface area (Å²) in [5, 5.41) is 3.45. The smallest absolute Gasteiger partial charge is 0.124 e. The van der Waals surface area contributed by atoms with Gasteiger partial charge in [0.05, 0.1) is 19.2 Å². The second-order valence-corrected chi connectivity index (χ2v) is 5.31. The first-order valence-electron chi connectivity index (χ1n) is 7.64. The molecule has 3 rings (SSSR count). The van der Waals surface area contributed by atoms with Crippen LogP contribution in [-0.4, -0.2) is 43.5 Å². The Morgan fingerprint density at radius 3 is 2.80 bits per heavy atom. The van der Waals surface area contributed by atoms with Crippen LogP contribution in [0.1, 0.15) is 31.4 Å². The summed E-state index contributed by atoms with van der Waals surface area (Å²) in [4.78, 5) is 7.19. The van der Waals surface area contributed by atoms with Gasteiger partial charge in [0.1, 0.15) is 11.6 Å². The van der Waals surface area contributed by atoms with Gasteiger partial charge in [0.15, 0.2) is 0 Å². The van der Waals surface area contributed by atoms with Crippen LogP contribution in [0.4, 0.5) is 0 Å². The number of para-hydroxylation sites is 1. The summed E-state index contributed by atoms with van der Waals surface area (Å²) in [6.45, 7) is 6.86. The molecule has 1 N–H and O–H groups in total. The number of rotatable bonds is 5. The summed E-state index contributed by atoms with van der Waals surface area (Å²) < 4.78 is 5.83. The van der Waals surface area contributed by atoms with E-state index in [0.29, 0.717) is 6.61 Å². The second-order valence-electron chi connectivity index (χ2n) is 5.31. The van der Waals surface area contributed by atoms with Crippen molar-refractivity contribution in [1.29, 1.82) is 0 Å². The van der Waals surface area contributed by atoms with Crippen molar-refractivity contribution in [2.75, 3.05) is 32.8 Å². The van der Waals surface area contributed by atoms with E-state index in [0.717, 1.165) is 37.8 Å². The maximum atomic E-state index is 5.83. The predicted octanol–water partition coefficient (Wildman–Crippen LogP) is 2.22. The van der Waals surface area contributed by atoms with Gasteiger partial charge in [0.25, 0.3) is 0 Å². The number of amidine groups is 1. The molecule has 2 aliphatic rings. The molecule has 0 spiro atoms. The van der Waals surface area contributed by atoms with Crippen molar-refractivity contribution in [3.8, 4) is 5.75 Å². The molecule has 0 radical (unpaired) electrons. The first-order valence-corrected chi connectivity index (χ1v) is 7.64. The summed E-state index contributed by atoms with van der Waals surface area (Å²) in [7, 11) is 0. The number of aliphatic imine (C=N–C) groups is 1. The van der Waals surface area contributed by atoms with Crippen molar-refractivity contribution in [2.45, 2.75) is 25.8 Å². The molecule has 2 aliphatic heterocycles. The number of hydrogen-bond donors (Lipinski definition) is 1. The lowest BCUT2D eigenvalue weighted by molar-refractivity contribution is 0.283. The van der Waals surface area contributed by atoms with Gasteiger partial charge in [-0.3, -0.25) is 9.89 Å². The lowest BCUT2D eigenvalue weighted by atomic mass is 10.0. The van der Waals surface area contributed by atoms with Crippen LogP contribution in [-0.2, 0) is 0 Å². The minimum Gasteiger partial charge on any atom is -0.494 e. The Hall–Kier alpha value is -1.55. The van der Waals surface area contributed by atoms with Crippen molar-refractivity contribution in [3.05, 3.63) is 29.8 Å². The molecule has 4 heteroatoms. The third-order valence-electron chi connectivity index (χ3n) is 3.98. The van der Waals surface area contributed by atoms with Gasteiger partial charge in [0.2, 0.25) is 0 Å². The minimum atomic E-state index is 0.225. The molecule has 108 valence electrons. The molecule has 0 aromatic heterocycles. The van der Waals surface area contributed by atoms with Crippen LogP contribution in [0, 0.1) is 0 Å². The van der Waals surface area contributed by atoms with E-state index in [4.69, 9.17) is 4.74 Å². The zero-order chi connectivity index (χ0) is 13.8. The lowest BCUT2D eigenvalue weighted by Crippen LogP contribution is -2.37. The Balaban J connectivity index is 1.95. The normalized spacial score (nSPS) is 20.6. The van der Waals surface area contributed by atoms with Gasteiger partial charge in [-0.15, -0.1) is 0 Å². The summed E-state index contributed by atoms with van der Waals surface area (Å²) in [5.41, 5.74) is 1.24. The van der Waals surface area contributed by atoms with Gasteiger partial charge < -0.3 is 10.1 Å². The van der Waals surface area contributed by atoms with Gasteiger partial charge in [-0.25, -0.2) is 0 Å². The third-order valence-corrected chi connectivity index (χ3v) is 3.98. The summed E-state index contributed by atoms with van der Waals surface area (Å²) in [6.07, 6.45) is 2.56. The monoisotopic (exact) mass is 273 g/mol. The molecule has 1 aromatic rings. The fraction of sp³-hybridized carbons (Fsp3) is 0.562. The maximum absolute atomic E-state index is 5.83. The average molecular weight is 273 g/mol. The van der Waals surface area contributed by atoms with E-state index in [1.54, 1.807) is 0 Å². The molecule has 1 saturated heterocycles. The van der Waals surface area contributed by atoms with Gasteiger partial charge in [-0.2, -0.15) is 0 Å². The highest BCUT2D eigenvalue weighted by Crippen LogP contribution is 2.33. The van der Waals surface area contributed by atoms with Gasteiger partial charge in [-0.1, -0.05) is 18.2 Å². The van der Waals surface area contributed by atoms with Gasteiger partial charge >= 0.3 is 0 Å². The van der Waals surface area contributed by atoms with Crippen molar-refractivity contribution < 1.29 is 4.74 Å². The first kappa shape index (κ1) is 13.4. The number of hydrogen-bond acceptors (Lipinski definition) is 4. The van der Waals surface area contributed by atoms with E-state index < -0.39 is 0 Å². The van der Waals surface area contributed by atoms with E-state index >= 15 is 0 Å². The second kappa shape index (κ2) is 6.27. The zero-order valence-corrected chi connectivity index (χ0v) is 12.1. The van der Waals surface area contributed by atoms with E-state index in [9.17, 15) is 0 Å². The first-order chi connectivity index (χ1) is 9.90. The van der Waals surface area contributed by atoms with Crippen molar-refractivity contribution >= 4 is 5.84 Å². The molecule has 0 saturated carbocycles. The van der Waals surface area contributed by atoms with Crippen LogP contribution >= 0.6 is 0 Å². The number of ether oxygens (including phenoxy) is 1. The highest BCUT2D eigenvalue weighted by Gasteiger charge is 2.31. The Bertz CT molecular complexity index is 480. The molecule has 1 unspecified atom stereocenters. The van der Waals surface area contributed by atoms with Crippen molar-refractivity contribution in [3.63, 3.8) is 0 Å². The number of nitrogens with one attached hydrogen (secondary N) is 1. The fourth-order valence-corrected chi connectivity index (χ4v) is 3.11. The molecule has 0 aliphatic carbocycles. The minimum absolute atomic E-state index is 0.225. The van der Waals surface area contributed by atoms with Crippen LogP contribution in [0.3, 0.4) is 0 Å². The predicted molar refractivity (Wildman–Crippen MR) is 81.5 cm³/mol. The van der Waals surface area contributed by atoms with E-state index in [-0.39, 0.29) is 6.04 Å². The SMILES string of the molecule is CCOc1ccccc1C(C1=NCCN1)N1CCCC1. The quantitative estimate of drug-likeness (QED) is 0.894. The Kier molecular flexibility index (Phi) is 4.21. The van der Waals surface area contributed by atoms with Gasteiger partial charge in [0, 0.05) is 12.1 Å². The van der Waals surface area contributed by atoms with Crippen LogP contribution in [0.2, 0.25) is 0 Å². The molecule has 1 aromatic carbocycles. The van der Waals surface area contributed by atoms with Crippen LogP contribution in [0.5, 0.6) is 5.75 Å². The third kappa shape index (κ3) is 2.66.